The molecule has 1 saturated carbocycles. The third-order valence-electron chi connectivity index (χ3n) is 3.96. The third kappa shape index (κ3) is 3.37. The van der Waals surface area contributed by atoms with E-state index in [0.29, 0.717) is 6.54 Å². The van der Waals surface area contributed by atoms with E-state index in [9.17, 15) is 9.59 Å². The number of hydrogen-bond acceptors (Lipinski definition) is 2. The van der Waals surface area contributed by atoms with Crippen molar-refractivity contribution in [2.24, 2.45) is 0 Å². The molecule has 0 aliphatic heterocycles. The molecule has 0 aromatic heterocycles. The van der Waals surface area contributed by atoms with Crippen molar-refractivity contribution in [3.05, 3.63) is 0 Å². The molecule has 0 aromatic rings. The molecule has 5 heteroatoms. The fraction of sp³-hybridized carbons (Fsp3) is 0.846. The van der Waals surface area contributed by atoms with Crippen LogP contribution >= 0.6 is 0 Å². The molecule has 104 valence electrons. The van der Waals surface area contributed by atoms with Crippen molar-refractivity contribution in [3.8, 4) is 0 Å². The summed E-state index contributed by atoms with van der Waals surface area (Å²) in [5.74, 6) is -0.873. The summed E-state index contributed by atoms with van der Waals surface area (Å²) in [5, 5.41) is 11.9. The lowest BCUT2D eigenvalue weighted by molar-refractivity contribution is -0.138. The van der Waals surface area contributed by atoms with E-state index in [-0.39, 0.29) is 24.0 Å². The molecule has 0 radical (unpaired) electrons. The Morgan fingerprint density at radius 1 is 1.39 bits per heavy atom. The van der Waals surface area contributed by atoms with Crippen LogP contribution in [0, 0.1) is 0 Å². The number of carbonyl (C=O) groups is 2. The van der Waals surface area contributed by atoms with Crippen molar-refractivity contribution < 1.29 is 14.7 Å². The minimum absolute atomic E-state index is 0.0135. The van der Waals surface area contributed by atoms with Gasteiger partial charge in [-0.25, -0.2) is 4.79 Å². The Hall–Kier alpha value is -1.26. The summed E-state index contributed by atoms with van der Waals surface area (Å²) in [6.45, 7) is 6.25. The Labute approximate surface area is 109 Å². The van der Waals surface area contributed by atoms with Crippen LogP contribution in [0.25, 0.3) is 0 Å². The van der Waals surface area contributed by atoms with Gasteiger partial charge in [-0.2, -0.15) is 0 Å². The minimum Gasteiger partial charge on any atom is -0.481 e. The molecule has 0 aromatic carbocycles. The molecule has 0 spiro atoms. The van der Waals surface area contributed by atoms with Gasteiger partial charge in [-0.15, -0.1) is 0 Å². The van der Waals surface area contributed by atoms with Crippen LogP contribution in [0.4, 0.5) is 4.79 Å². The number of carbonyl (C=O) groups excluding carboxylic acids is 1. The average molecular weight is 256 g/mol. The second kappa shape index (κ2) is 6.07. The Kier molecular flexibility index (Phi) is 4.99. The molecule has 1 fully saturated rings. The molecule has 18 heavy (non-hydrogen) atoms. The number of nitrogens with zero attached hydrogens (tertiary/aromatic N) is 1. The number of nitrogens with one attached hydrogen (secondary N) is 1. The normalized spacial score (nSPS) is 18.6. The van der Waals surface area contributed by atoms with E-state index in [0.717, 1.165) is 25.7 Å². The molecular weight excluding hydrogens is 232 g/mol. The summed E-state index contributed by atoms with van der Waals surface area (Å²) in [4.78, 5) is 24.5. The molecule has 0 bridgehead atoms. The fourth-order valence-corrected chi connectivity index (χ4v) is 2.49. The molecule has 5 nitrogen and oxygen atoms in total. The minimum atomic E-state index is -0.873. The first-order chi connectivity index (χ1) is 8.44. The van der Waals surface area contributed by atoms with E-state index >= 15 is 0 Å². The van der Waals surface area contributed by atoms with Gasteiger partial charge in [0.2, 0.25) is 0 Å². The highest BCUT2D eigenvalue weighted by Crippen LogP contribution is 2.34. The summed E-state index contributed by atoms with van der Waals surface area (Å²) < 4.78 is 0. The molecular formula is C13H24N2O3. The van der Waals surface area contributed by atoms with Crippen molar-refractivity contribution in [3.63, 3.8) is 0 Å². The van der Waals surface area contributed by atoms with Crippen molar-refractivity contribution in [1.82, 2.24) is 10.2 Å². The van der Waals surface area contributed by atoms with Crippen LogP contribution < -0.4 is 5.32 Å². The lowest BCUT2D eigenvalue weighted by Gasteiger charge is -2.43. The molecule has 1 unspecified atom stereocenters. The SMILES string of the molecule is CCN(C(=O)NC1(CC)CCC1)C(C)CC(=O)O. The van der Waals surface area contributed by atoms with Crippen LogP contribution in [0.15, 0.2) is 0 Å². The highest BCUT2D eigenvalue weighted by Gasteiger charge is 2.37. The summed E-state index contributed by atoms with van der Waals surface area (Å²) in [5.41, 5.74) is -0.0482. The van der Waals surface area contributed by atoms with Crippen molar-refractivity contribution in [1.29, 1.82) is 0 Å². The van der Waals surface area contributed by atoms with Gasteiger partial charge in [-0.3, -0.25) is 4.79 Å². The average Bonchev–Trinajstić information content (AvgIpc) is 2.23. The Morgan fingerprint density at radius 3 is 2.33 bits per heavy atom. The molecule has 1 aliphatic rings. The zero-order valence-electron chi connectivity index (χ0n) is 11.5. The first-order valence-electron chi connectivity index (χ1n) is 6.74. The number of amides is 2. The zero-order valence-corrected chi connectivity index (χ0v) is 11.5. The highest BCUT2D eigenvalue weighted by atomic mass is 16.4. The number of aliphatic carboxylic acids is 1. The quantitative estimate of drug-likeness (QED) is 0.765. The lowest BCUT2D eigenvalue weighted by atomic mass is 9.75. The maximum Gasteiger partial charge on any atom is 0.318 e. The monoisotopic (exact) mass is 256 g/mol. The van der Waals surface area contributed by atoms with E-state index in [1.54, 1.807) is 11.8 Å². The van der Waals surface area contributed by atoms with E-state index < -0.39 is 5.97 Å². The van der Waals surface area contributed by atoms with Crippen molar-refractivity contribution >= 4 is 12.0 Å². The predicted octanol–water partition coefficient (Wildman–Crippen LogP) is 2.21. The molecule has 1 aliphatic carbocycles. The van der Waals surface area contributed by atoms with Crippen LogP contribution in [0.3, 0.4) is 0 Å². The maximum atomic E-state index is 12.2. The maximum absolute atomic E-state index is 12.2. The van der Waals surface area contributed by atoms with Crippen LogP contribution in [0.2, 0.25) is 0 Å². The van der Waals surface area contributed by atoms with Crippen LogP contribution in [0.1, 0.15) is 52.9 Å². The van der Waals surface area contributed by atoms with Gasteiger partial charge in [0.15, 0.2) is 0 Å². The van der Waals surface area contributed by atoms with Gasteiger partial charge >= 0.3 is 12.0 Å². The van der Waals surface area contributed by atoms with E-state index in [4.69, 9.17) is 5.11 Å². The molecule has 2 N–H and O–H groups in total. The fourth-order valence-electron chi connectivity index (χ4n) is 2.49. The standard InChI is InChI=1S/C13H24N2O3/c1-4-13(7-6-8-13)14-12(18)15(5-2)10(3)9-11(16)17/h10H,4-9H2,1-3H3,(H,14,18)(H,16,17). The zero-order chi connectivity index (χ0) is 13.8. The molecule has 0 saturated heterocycles. The molecule has 0 heterocycles. The smallest absolute Gasteiger partial charge is 0.318 e. The van der Waals surface area contributed by atoms with Crippen molar-refractivity contribution in [2.75, 3.05) is 6.54 Å². The second-order valence-corrected chi connectivity index (χ2v) is 5.15. The summed E-state index contributed by atoms with van der Waals surface area (Å²) in [6.07, 6.45) is 4.13. The van der Waals surface area contributed by atoms with Gasteiger partial charge in [0.1, 0.15) is 0 Å². The Morgan fingerprint density at radius 2 is 2.00 bits per heavy atom. The van der Waals surface area contributed by atoms with E-state index in [2.05, 4.69) is 12.2 Å². The summed E-state index contributed by atoms with van der Waals surface area (Å²) in [7, 11) is 0. The van der Waals surface area contributed by atoms with Crippen LogP contribution in [-0.2, 0) is 4.79 Å². The number of carboxylic acid groups (broad SMARTS) is 1. The predicted molar refractivity (Wildman–Crippen MR) is 69.5 cm³/mol. The number of rotatable bonds is 6. The molecule has 1 atom stereocenters. The van der Waals surface area contributed by atoms with E-state index in [1.165, 1.54) is 0 Å². The Balaban J connectivity index is 2.58. The van der Waals surface area contributed by atoms with Gasteiger partial charge in [0, 0.05) is 18.1 Å². The first kappa shape index (κ1) is 14.8. The van der Waals surface area contributed by atoms with Gasteiger partial charge in [-0.1, -0.05) is 6.92 Å². The third-order valence-corrected chi connectivity index (χ3v) is 3.96. The Bertz CT molecular complexity index is 308. The number of carboxylic acids is 1. The second-order valence-electron chi connectivity index (χ2n) is 5.15. The number of hydrogen-bond donors (Lipinski definition) is 2. The van der Waals surface area contributed by atoms with Crippen LogP contribution in [-0.4, -0.2) is 40.1 Å². The number of urea groups is 1. The summed E-state index contributed by atoms with van der Waals surface area (Å²) >= 11 is 0. The van der Waals surface area contributed by atoms with Gasteiger partial charge < -0.3 is 15.3 Å². The van der Waals surface area contributed by atoms with Gasteiger partial charge in [-0.05, 0) is 39.5 Å². The molecule has 2 amide bonds. The van der Waals surface area contributed by atoms with Crippen molar-refractivity contribution in [2.45, 2.75) is 64.5 Å². The van der Waals surface area contributed by atoms with Crippen LogP contribution in [0.5, 0.6) is 0 Å². The van der Waals surface area contributed by atoms with E-state index in [1.807, 2.05) is 6.92 Å². The highest BCUT2D eigenvalue weighted by molar-refractivity contribution is 5.76. The van der Waals surface area contributed by atoms with Gasteiger partial charge in [0.25, 0.3) is 0 Å². The summed E-state index contributed by atoms with van der Waals surface area (Å²) in [6, 6.07) is -0.408. The first-order valence-corrected chi connectivity index (χ1v) is 6.74. The molecule has 1 rings (SSSR count). The van der Waals surface area contributed by atoms with Gasteiger partial charge in [0.05, 0.1) is 6.42 Å². The largest absolute Gasteiger partial charge is 0.481 e. The topological polar surface area (TPSA) is 69.6 Å². The lowest BCUT2D eigenvalue weighted by Crippen LogP contribution is -2.58.